The van der Waals surface area contributed by atoms with Crippen LogP contribution in [0.25, 0.3) is 0 Å². The molecule has 4 rings (SSSR count). The number of carbonyl (C=O) groups excluding carboxylic acids is 1. The van der Waals surface area contributed by atoms with Crippen LogP contribution in [-0.4, -0.2) is 28.2 Å². The zero-order valence-electron chi connectivity index (χ0n) is 22.2. The summed E-state index contributed by atoms with van der Waals surface area (Å²) in [6.07, 6.45) is 6.42. The molecule has 0 aliphatic heterocycles. The molecule has 4 aliphatic rings. The summed E-state index contributed by atoms with van der Waals surface area (Å²) in [4.78, 5) is 13.8. The first-order valence-corrected chi connectivity index (χ1v) is 13.6. The smallest absolute Gasteiger partial charge is 0.159 e. The topological polar surface area (TPSA) is 57.5 Å². The van der Waals surface area contributed by atoms with Crippen molar-refractivity contribution in [1.29, 1.82) is 0 Å². The van der Waals surface area contributed by atoms with Crippen LogP contribution in [-0.2, 0) is 4.79 Å². The minimum absolute atomic E-state index is 0.0670. The second-order valence-corrected chi connectivity index (χ2v) is 13.3. The summed E-state index contributed by atoms with van der Waals surface area (Å²) in [5, 5.41) is 22.3. The number of ketones is 1. The average molecular weight is 457 g/mol. The Balaban J connectivity index is 1.71. The lowest BCUT2D eigenvalue weighted by Crippen LogP contribution is -2.57. The van der Waals surface area contributed by atoms with Gasteiger partial charge in [0.25, 0.3) is 0 Å². The Morgan fingerprint density at radius 3 is 2.42 bits per heavy atom. The van der Waals surface area contributed by atoms with Crippen LogP contribution in [0.15, 0.2) is 23.3 Å². The van der Waals surface area contributed by atoms with E-state index in [1.807, 2.05) is 0 Å². The number of fused-ring (bicyclic) bond motifs is 4. The fourth-order valence-corrected chi connectivity index (χ4v) is 8.94. The summed E-state index contributed by atoms with van der Waals surface area (Å²) in [7, 11) is 0. The maximum Gasteiger partial charge on any atom is 0.159 e. The van der Waals surface area contributed by atoms with Crippen molar-refractivity contribution in [3.8, 4) is 0 Å². The third kappa shape index (κ3) is 3.54. The molecule has 4 aliphatic carbocycles. The minimum atomic E-state index is -0.546. The lowest BCUT2D eigenvalue weighted by atomic mass is 9.44. The van der Waals surface area contributed by atoms with E-state index in [0.717, 1.165) is 56.1 Å². The Bertz CT molecular complexity index is 855. The van der Waals surface area contributed by atoms with Crippen LogP contribution in [0.5, 0.6) is 0 Å². The highest BCUT2D eigenvalue weighted by molar-refractivity contribution is 5.99. The first-order chi connectivity index (χ1) is 15.3. The summed E-state index contributed by atoms with van der Waals surface area (Å²) in [6.45, 7) is 20.2. The van der Waals surface area contributed by atoms with Gasteiger partial charge >= 0.3 is 0 Å². The molecule has 0 aromatic carbocycles. The summed E-state index contributed by atoms with van der Waals surface area (Å²) in [5.41, 5.74) is 2.97. The second kappa shape index (κ2) is 8.33. The van der Waals surface area contributed by atoms with Crippen LogP contribution in [0.2, 0.25) is 0 Å². The van der Waals surface area contributed by atoms with Gasteiger partial charge in [0, 0.05) is 17.4 Å². The molecule has 2 fully saturated rings. The van der Waals surface area contributed by atoms with E-state index in [4.69, 9.17) is 0 Å². The predicted octanol–water partition coefficient (Wildman–Crippen LogP) is 6.48. The van der Waals surface area contributed by atoms with Gasteiger partial charge in [-0.3, -0.25) is 4.79 Å². The second-order valence-electron chi connectivity index (χ2n) is 13.3. The fraction of sp³-hybridized carbons (Fsp3) is 0.833. The number of hydrogen-bond acceptors (Lipinski definition) is 3. The standard InChI is InChI=1S/C30H48O3/c1-17(2)18(3)9-10-19(4)21-11-14-29(7)27-24(32)15-22-20(5)23(31)12-13-28(22,6)26(27)25(33)16-30(21,29)8/h17,19-23,25,31,33H,3,9-16H2,1-2,4-8H3. The minimum Gasteiger partial charge on any atom is -0.393 e. The number of aliphatic hydroxyl groups is 2. The third-order valence-corrected chi connectivity index (χ3v) is 11.5. The van der Waals surface area contributed by atoms with E-state index in [1.165, 1.54) is 5.57 Å². The van der Waals surface area contributed by atoms with Gasteiger partial charge < -0.3 is 10.2 Å². The fourth-order valence-electron chi connectivity index (χ4n) is 8.94. The zero-order valence-corrected chi connectivity index (χ0v) is 22.2. The van der Waals surface area contributed by atoms with Crippen molar-refractivity contribution in [2.24, 2.45) is 45.8 Å². The molecule has 0 heterocycles. The molecule has 0 bridgehead atoms. The molecule has 2 N–H and O–H groups in total. The monoisotopic (exact) mass is 456 g/mol. The van der Waals surface area contributed by atoms with Gasteiger partial charge in [0.1, 0.15) is 0 Å². The molecule has 9 unspecified atom stereocenters. The maximum atomic E-state index is 13.8. The van der Waals surface area contributed by atoms with Crippen LogP contribution in [0, 0.1) is 45.8 Å². The SMILES string of the molecule is C=C(CCC(C)C1CCC2(C)C3=C(C(O)CC12C)C1(C)CCC(O)C(C)C1CC3=O)C(C)C. The molecule has 0 aromatic heterocycles. The van der Waals surface area contributed by atoms with Crippen LogP contribution < -0.4 is 0 Å². The number of allylic oxidation sites excluding steroid dienone is 2. The van der Waals surface area contributed by atoms with Crippen molar-refractivity contribution in [3.05, 3.63) is 23.3 Å². The van der Waals surface area contributed by atoms with Crippen LogP contribution in [0.1, 0.15) is 99.8 Å². The average Bonchev–Trinajstić information content (AvgIpc) is 3.01. The Morgan fingerprint density at radius 1 is 1.12 bits per heavy atom. The maximum absolute atomic E-state index is 13.8. The number of carbonyl (C=O) groups is 1. The van der Waals surface area contributed by atoms with E-state index in [2.05, 4.69) is 55.0 Å². The molecule has 186 valence electrons. The number of hydrogen-bond donors (Lipinski definition) is 2. The Kier molecular flexibility index (Phi) is 6.35. The molecule has 9 atom stereocenters. The van der Waals surface area contributed by atoms with E-state index >= 15 is 0 Å². The number of Topliss-reactive ketones (excluding diaryl/α,β-unsaturated/α-hetero) is 1. The highest BCUT2D eigenvalue weighted by Gasteiger charge is 2.66. The van der Waals surface area contributed by atoms with Gasteiger partial charge in [0.2, 0.25) is 0 Å². The van der Waals surface area contributed by atoms with Gasteiger partial charge in [-0.15, -0.1) is 0 Å². The van der Waals surface area contributed by atoms with Gasteiger partial charge in [0.15, 0.2) is 5.78 Å². The van der Waals surface area contributed by atoms with Crippen LogP contribution in [0.3, 0.4) is 0 Å². The molecule has 3 nitrogen and oxygen atoms in total. The number of aliphatic hydroxyl groups excluding tert-OH is 2. The molecular formula is C30H48O3. The van der Waals surface area contributed by atoms with E-state index in [1.54, 1.807) is 0 Å². The molecule has 0 saturated heterocycles. The Labute approximate surface area is 202 Å². The summed E-state index contributed by atoms with van der Waals surface area (Å²) >= 11 is 0. The van der Waals surface area contributed by atoms with E-state index in [9.17, 15) is 15.0 Å². The molecule has 0 radical (unpaired) electrons. The van der Waals surface area contributed by atoms with Crippen molar-refractivity contribution < 1.29 is 15.0 Å². The summed E-state index contributed by atoms with van der Waals surface area (Å²) in [6, 6.07) is 0. The lowest BCUT2D eigenvalue weighted by molar-refractivity contribution is -0.129. The van der Waals surface area contributed by atoms with Gasteiger partial charge in [0.05, 0.1) is 12.2 Å². The Hall–Kier alpha value is -0.930. The highest BCUT2D eigenvalue weighted by atomic mass is 16.3. The first kappa shape index (κ1) is 25.2. The normalized spacial score (nSPS) is 46.1. The summed E-state index contributed by atoms with van der Waals surface area (Å²) in [5.74, 6) is 2.07. The molecule has 3 heteroatoms. The molecule has 0 spiro atoms. The quantitative estimate of drug-likeness (QED) is 0.465. The summed E-state index contributed by atoms with van der Waals surface area (Å²) < 4.78 is 0. The molecule has 33 heavy (non-hydrogen) atoms. The molecular weight excluding hydrogens is 408 g/mol. The molecule has 2 saturated carbocycles. The van der Waals surface area contributed by atoms with Gasteiger partial charge in [-0.2, -0.15) is 0 Å². The first-order valence-electron chi connectivity index (χ1n) is 13.6. The van der Waals surface area contributed by atoms with Crippen molar-refractivity contribution in [2.75, 3.05) is 0 Å². The molecule has 0 amide bonds. The van der Waals surface area contributed by atoms with Crippen LogP contribution in [0.4, 0.5) is 0 Å². The van der Waals surface area contributed by atoms with E-state index in [0.29, 0.717) is 24.2 Å². The lowest BCUT2D eigenvalue weighted by Gasteiger charge is -2.60. The van der Waals surface area contributed by atoms with Crippen LogP contribution >= 0.6 is 0 Å². The number of rotatable bonds is 5. The van der Waals surface area contributed by atoms with Gasteiger partial charge in [-0.05, 0) is 90.9 Å². The van der Waals surface area contributed by atoms with Crippen molar-refractivity contribution >= 4 is 5.78 Å². The van der Waals surface area contributed by atoms with Crippen molar-refractivity contribution in [1.82, 2.24) is 0 Å². The van der Waals surface area contributed by atoms with E-state index in [-0.39, 0.29) is 40.0 Å². The largest absolute Gasteiger partial charge is 0.393 e. The molecule has 0 aromatic rings. The highest BCUT2D eigenvalue weighted by Crippen LogP contribution is 2.71. The van der Waals surface area contributed by atoms with Crippen molar-refractivity contribution in [2.45, 2.75) is 112 Å². The zero-order chi connectivity index (χ0) is 24.5. The van der Waals surface area contributed by atoms with Crippen molar-refractivity contribution in [3.63, 3.8) is 0 Å². The Morgan fingerprint density at radius 2 is 1.79 bits per heavy atom. The van der Waals surface area contributed by atoms with E-state index < -0.39 is 6.10 Å². The third-order valence-electron chi connectivity index (χ3n) is 11.5. The predicted molar refractivity (Wildman–Crippen MR) is 135 cm³/mol. The van der Waals surface area contributed by atoms with Gasteiger partial charge in [-0.25, -0.2) is 0 Å². The van der Waals surface area contributed by atoms with Gasteiger partial charge in [-0.1, -0.05) is 60.6 Å².